The molecule has 166 valence electrons. The second-order valence-corrected chi connectivity index (χ2v) is 9.31. The van der Waals surface area contributed by atoms with E-state index in [9.17, 15) is 13.2 Å². The van der Waals surface area contributed by atoms with Crippen molar-refractivity contribution < 1.29 is 13.2 Å². The number of nitrogens with zero attached hydrogens (tertiary/aromatic N) is 4. The second kappa shape index (κ2) is 9.58. The van der Waals surface area contributed by atoms with Gasteiger partial charge in [-0.1, -0.05) is 0 Å². The van der Waals surface area contributed by atoms with Crippen molar-refractivity contribution in [3.05, 3.63) is 96.7 Å². The highest BCUT2D eigenvalue weighted by Crippen LogP contribution is 2.24. The standard InChI is InChI=1S/C24H21N5O3S/c1-33(31,32)22-7-5-21(6-8-22)29-17-20(24(28-29)19-3-2-12-26-16-19)4-9-23(30)27-15-18-10-13-25-14-11-18/h2-14,16-17H,15H2,1H3,(H,27,30)/b9-4+. The molecule has 1 amide bonds. The van der Waals surface area contributed by atoms with Crippen molar-refractivity contribution in [1.82, 2.24) is 25.1 Å². The highest BCUT2D eigenvalue weighted by molar-refractivity contribution is 7.90. The molecule has 3 aromatic heterocycles. The summed E-state index contributed by atoms with van der Waals surface area (Å²) in [6, 6.07) is 13.8. The molecule has 8 nitrogen and oxygen atoms in total. The van der Waals surface area contributed by atoms with Crippen LogP contribution in [0.5, 0.6) is 0 Å². The number of sulfone groups is 1. The average molecular weight is 460 g/mol. The van der Waals surface area contributed by atoms with Crippen molar-refractivity contribution in [2.75, 3.05) is 6.26 Å². The first-order valence-corrected chi connectivity index (χ1v) is 11.9. The van der Waals surface area contributed by atoms with Crippen molar-refractivity contribution in [1.29, 1.82) is 0 Å². The van der Waals surface area contributed by atoms with Gasteiger partial charge in [-0.05, 0) is 60.2 Å². The quantitative estimate of drug-likeness (QED) is 0.426. The average Bonchev–Trinajstić information content (AvgIpc) is 3.26. The van der Waals surface area contributed by atoms with Crippen LogP contribution in [0.25, 0.3) is 23.0 Å². The molecule has 0 aliphatic carbocycles. The summed E-state index contributed by atoms with van der Waals surface area (Å²) in [6.45, 7) is 0.396. The van der Waals surface area contributed by atoms with Gasteiger partial charge in [0.2, 0.25) is 5.91 Å². The Morgan fingerprint density at radius 3 is 2.45 bits per heavy atom. The van der Waals surface area contributed by atoms with Crippen LogP contribution in [0.1, 0.15) is 11.1 Å². The Morgan fingerprint density at radius 1 is 1.03 bits per heavy atom. The van der Waals surface area contributed by atoms with E-state index >= 15 is 0 Å². The normalized spacial score (nSPS) is 11.5. The number of benzene rings is 1. The summed E-state index contributed by atoms with van der Waals surface area (Å²) in [5, 5.41) is 7.49. The van der Waals surface area contributed by atoms with Gasteiger partial charge in [-0.3, -0.25) is 14.8 Å². The van der Waals surface area contributed by atoms with E-state index in [0.717, 1.165) is 11.1 Å². The predicted molar refractivity (Wildman–Crippen MR) is 125 cm³/mol. The van der Waals surface area contributed by atoms with Crippen molar-refractivity contribution in [3.63, 3.8) is 0 Å². The molecular weight excluding hydrogens is 438 g/mol. The van der Waals surface area contributed by atoms with Gasteiger partial charge in [0, 0.05) is 61.0 Å². The third kappa shape index (κ3) is 5.58. The number of rotatable bonds is 7. The molecule has 3 heterocycles. The molecule has 0 unspecified atom stereocenters. The van der Waals surface area contributed by atoms with Gasteiger partial charge in [-0.25, -0.2) is 13.1 Å². The minimum atomic E-state index is -3.29. The number of pyridine rings is 2. The topological polar surface area (TPSA) is 107 Å². The zero-order valence-electron chi connectivity index (χ0n) is 17.8. The minimum absolute atomic E-state index is 0.233. The van der Waals surface area contributed by atoms with Gasteiger partial charge in [0.1, 0.15) is 5.69 Å². The monoisotopic (exact) mass is 459 g/mol. The van der Waals surface area contributed by atoms with Gasteiger partial charge >= 0.3 is 0 Å². The molecule has 0 radical (unpaired) electrons. The van der Waals surface area contributed by atoms with E-state index in [4.69, 9.17) is 0 Å². The number of amides is 1. The van der Waals surface area contributed by atoms with Gasteiger partial charge in [-0.2, -0.15) is 5.10 Å². The van der Waals surface area contributed by atoms with Crippen molar-refractivity contribution in [2.24, 2.45) is 0 Å². The number of carbonyl (C=O) groups is 1. The Labute approximate surface area is 191 Å². The molecule has 1 aromatic carbocycles. The van der Waals surface area contributed by atoms with Gasteiger partial charge in [0.25, 0.3) is 0 Å². The lowest BCUT2D eigenvalue weighted by molar-refractivity contribution is -0.116. The molecular formula is C24H21N5O3S. The Bertz CT molecular complexity index is 1380. The molecule has 9 heteroatoms. The molecule has 4 aromatic rings. The third-order valence-electron chi connectivity index (χ3n) is 4.84. The van der Waals surface area contributed by atoms with Crippen LogP contribution >= 0.6 is 0 Å². The van der Waals surface area contributed by atoms with Crippen LogP contribution in [-0.4, -0.2) is 40.3 Å². The molecule has 33 heavy (non-hydrogen) atoms. The minimum Gasteiger partial charge on any atom is -0.348 e. The summed E-state index contributed by atoms with van der Waals surface area (Å²) < 4.78 is 25.1. The van der Waals surface area contributed by atoms with Crippen LogP contribution in [0.2, 0.25) is 0 Å². The summed E-state index contributed by atoms with van der Waals surface area (Å²) in [5.41, 5.74) is 3.80. The Morgan fingerprint density at radius 2 is 1.79 bits per heavy atom. The van der Waals surface area contributed by atoms with E-state index in [1.807, 2.05) is 24.3 Å². The van der Waals surface area contributed by atoms with Crippen molar-refractivity contribution in [2.45, 2.75) is 11.4 Å². The molecule has 0 saturated heterocycles. The van der Waals surface area contributed by atoms with Gasteiger partial charge in [0.05, 0.1) is 10.6 Å². The van der Waals surface area contributed by atoms with E-state index < -0.39 is 9.84 Å². The number of hydrogen-bond donors (Lipinski definition) is 1. The zero-order chi connectivity index (χ0) is 23.3. The first kappa shape index (κ1) is 22.1. The summed E-state index contributed by atoms with van der Waals surface area (Å²) >= 11 is 0. The number of hydrogen-bond acceptors (Lipinski definition) is 6. The smallest absolute Gasteiger partial charge is 0.244 e. The third-order valence-corrected chi connectivity index (χ3v) is 5.97. The summed E-state index contributed by atoms with van der Waals surface area (Å²) in [6.07, 6.45) is 12.8. The van der Waals surface area contributed by atoms with E-state index in [-0.39, 0.29) is 10.8 Å². The van der Waals surface area contributed by atoms with Crippen LogP contribution in [0.3, 0.4) is 0 Å². The number of carbonyl (C=O) groups excluding carboxylic acids is 1. The molecule has 0 aliphatic rings. The molecule has 0 atom stereocenters. The molecule has 0 spiro atoms. The number of nitrogens with one attached hydrogen (secondary N) is 1. The Kier molecular flexibility index (Phi) is 6.41. The highest BCUT2D eigenvalue weighted by Gasteiger charge is 2.12. The lowest BCUT2D eigenvalue weighted by Crippen LogP contribution is -2.20. The van der Waals surface area contributed by atoms with Crippen LogP contribution < -0.4 is 5.32 Å². The largest absolute Gasteiger partial charge is 0.348 e. The lowest BCUT2D eigenvalue weighted by atomic mass is 10.1. The van der Waals surface area contributed by atoms with Crippen LogP contribution in [0.15, 0.2) is 90.5 Å². The molecule has 1 N–H and O–H groups in total. The van der Waals surface area contributed by atoms with E-state index in [1.54, 1.807) is 53.9 Å². The molecule has 0 saturated carbocycles. The maximum atomic E-state index is 12.3. The summed E-state index contributed by atoms with van der Waals surface area (Å²) in [7, 11) is -3.29. The Balaban J connectivity index is 1.60. The van der Waals surface area contributed by atoms with Gasteiger partial charge in [-0.15, -0.1) is 0 Å². The van der Waals surface area contributed by atoms with Crippen molar-refractivity contribution >= 4 is 21.8 Å². The van der Waals surface area contributed by atoms with Gasteiger partial charge < -0.3 is 5.32 Å². The van der Waals surface area contributed by atoms with E-state index in [2.05, 4.69) is 20.4 Å². The SMILES string of the molecule is CS(=O)(=O)c1ccc(-n2cc(/C=C/C(=O)NCc3ccncc3)c(-c3cccnc3)n2)cc1. The molecule has 4 rings (SSSR count). The first-order valence-electron chi connectivity index (χ1n) is 10.1. The van der Waals surface area contributed by atoms with Crippen LogP contribution in [-0.2, 0) is 21.2 Å². The van der Waals surface area contributed by atoms with Crippen LogP contribution in [0, 0.1) is 0 Å². The number of aromatic nitrogens is 4. The van der Waals surface area contributed by atoms with Crippen LogP contribution in [0.4, 0.5) is 0 Å². The molecule has 0 bridgehead atoms. The summed E-state index contributed by atoms with van der Waals surface area (Å²) in [5.74, 6) is -0.241. The highest BCUT2D eigenvalue weighted by atomic mass is 32.2. The van der Waals surface area contributed by atoms with E-state index in [1.165, 1.54) is 24.5 Å². The first-order chi connectivity index (χ1) is 15.9. The van der Waals surface area contributed by atoms with Crippen molar-refractivity contribution in [3.8, 4) is 16.9 Å². The molecule has 0 fully saturated rings. The zero-order valence-corrected chi connectivity index (χ0v) is 18.6. The maximum absolute atomic E-state index is 12.3. The van der Waals surface area contributed by atoms with E-state index in [0.29, 0.717) is 23.5 Å². The predicted octanol–water partition coefficient (Wildman–Crippen LogP) is 3.06. The van der Waals surface area contributed by atoms with Gasteiger partial charge in [0.15, 0.2) is 9.84 Å². The fourth-order valence-corrected chi connectivity index (χ4v) is 3.76. The fraction of sp³-hybridized carbons (Fsp3) is 0.0833. The fourth-order valence-electron chi connectivity index (χ4n) is 3.13. The summed E-state index contributed by atoms with van der Waals surface area (Å²) in [4.78, 5) is 20.7. The maximum Gasteiger partial charge on any atom is 0.244 e. The lowest BCUT2D eigenvalue weighted by Gasteiger charge is -2.03. The Hall–Kier alpha value is -4.11. The molecule has 0 aliphatic heterocycles. The second-order valence-electron chi connectivity index (χ2n) is 7.29.